The summed E-state index contributed by atoms with van der Waals surface area (Å²) in [5, 5.41) is 3.68. The molecule has 2 aromatic heterocycles. The molecule has 1 atom stereocenters. The lowest BCUT2D eigenvalue weighted by Gasteiger charge is -2.11. The number of benzene rings is 1. The fourth-order valence-corrected chi connectivity index (χ4v) is 2.81. The molecular weight excluding hydrogens is 320 g/mol. The predicted molar refractivity (Wildman–Crippen MR) is 93.3 cm³/mol. The van der Waals surface area contributed by atoms with E-state index in [1.165, 1.54) is 6.26 Å². The van der Waals surface area contributed by atoms with E-state index in [0.717, 1.165) is 22.0 Å². The first-order valence-electron chi connectivity index (χ1n) is 8.04. The summed E-state index contributed by atoms with van der Waals surface area (Å²) >= 11 is 0. The van der Waals surface area contributed by atoms with Gasteiger partial charge in [0.15, 0.2) is 6.61 Å². The lowest BCUT2D eigenvalue weighted by molar-refractivity contribution is -0.125. The van der Waals surface area contributed by atoms with Gasteiger partial charge in [0.05, 0.1) is 12.3 Å². The van der Waals surface area contributed by atoms with Gasteiger partial charge in [0.2, 0.25) is 0 Å². The van der Waals surface area contributed by atoms with E-state index in [4.69, 9.17) is 9.15 Å². The molecule has 2 heterocycles. The van der Waals surface area contributed by atoms with Crippen LogP contribution < -0.4 is 5.32 Å². The number of esters is 1. The lowest BCUT2D eigenvalue weighted by Crippen LogP contribution is -2.31. The summed E-state index contributed by atoms with van der Waals surface area (Å²) in [4.78, 5) is 27.1. The van der Waals surface area contributed by atoms with Gasteiger partial charge in [-0.15, -0.1) is 0 Å². The molecule has 2 N–H and O–H groups in total. The van der Waals surface area contributed by atoms with Crippen molar-refractivity contribution < 1.29 is 18.7 Å². The number of carbonyl (C=O) groups excluding carboxylic acids is 2. The minimum Gasteiger partial charge on any atom is -0.467 e. The average molecular weight is 340 g/mol. The quantitative estimate of drug-likeness (QED) is 0.697. The molecular formula is C19H20N2O4. The number of hydrogen-bond acceptors (Lipinski definition) is 4. The summed E-state index contributed by atoms with van der Waals surface area (Å²) in [5.74, 6) is -0.310. The van der Waals surface area contributed by atoms with Crippen LogP contribution in [0.25, 0.3) is 10.9 Å². The van der Waals surface area contributed by atoms with Crippen molar-refractivity contribution in [3.8, 4) is 0 Å². The Hall–Kier alpha value is -3.02. The molecule has 0 aliphatic heterocycles. The minimum atomic E-state index is -0.561. The zero-order chi connectivity index (χ0) is 18.0. The fourth-order valence-electron chi connectivity index (χ4n) is 2.81. The Bertz CT molecular complexity index is 909. The molecule has 0 saturated carbocycles. The summed E-state index contributed by atoms with van der Waals surface area (Å²) < 4.78 is 10.3. The Morgan fingerprint density at radius 3 is 2.80 bits per heavy atom. The first-order chi connectivity index (χ1) is 11.9. The molecule has 0 saturated heterocycles. The van der Waals surface area contributed by atoms with Gasteiger partial charge in [-0.1, -0.05) is 6.07 Å². The molecule has 3 rings (SSSR count). The zero-order valence-electron chi connectivity index (χ0n) is 14.4. The second kappa shape index (κ2) is 6.84. The Kier molecular flexibility index (Phi) is 4.61. The monoisotopic (exact) mass is 340 g/mol. The molecule has 0 aliphatic carbocycles. The lowest BCUT2D eigenvalue weighted by atomic mass is 10.1. The van der Waals surface area contributed by atoms with Crippen LogP contribution in [0.4, 0.5) is 0 Å². The minimum absolute atomic E-state index is 0.292. The Morgan fingerprint density at radius 2 is 2.08 bits per heavy atom. The van der Waals surface area contributed by atoms with Gasteiger partial charge < -0.3 is 19.5 Å². The van der Waals surface area contributed by atoms with E-state index in [0.29, 0.717) is 11.5 Å². The number of ether oxygens (including phenoxy) is 1. The van der Waals surface area contributed by atoms with Crippen LogP contribution in [0.2, 0.25) is 0 Å². The number of hydrogen-bond donors (Lipinski definition) is 2. The van der Waals surface area contributed by atoms with E-state index in [2.05, 4.69) is 16.4 Å². The topological polar surface area (TPSA) is 84.3 Å². The summed E-state index contributed by atoms with van der Waals surface area (Å²) in [7, 11) is 0. The zero-order valence-corrected chi connectivity index (χ0v) is 14.4. The molecule has 1 aromatic carbocycles. The van der Waals surface area contributed by atoms with E-state index in [9.17, 15) is 9.59 Å². The maximum atomic E-state index is 12.2. The molecule has 130 valence electrons. The number of aromatic nitrogens is 1. The maximum absolute atomic E-state index is 12.2. The van der Waals surface area contributed by atoms with E-state index >= 15 is 0 Å². The smallest absolute Gasteiger partial charge is 0.355 e. The highest BCUT2D eigenvalue weighted by atomic mass is 16.5. The Labute approximate surface area is 145 Å². The largest absolute Gasteiger partial charge is 0.467 e. The van der Waals surface area contributed by atoms with Crippen molar-refractivity contribution in [2.24, 2.45) is 0 Å². The second-order valence-corrected chi connectivity index (χ2v) is 6.11. The van der Waals surface area contributed by atoms with Crippen LogP contribution in [-0.2, 0) is 9.53 Å². The molecule has 0 aliphatic rings. The van der Waals surface area contributed by atoms with E-state index < -0.39 is 5.97 Å². The number of H-pyrrole nitrogens is 1. The van der Waals surface area contributed by atoms with Crippen molar-refractivity contribution in [2.75, 3.05) is 6.61 Å². The van der Waals surface area contributed by atoms with Crippen molar-refractivity contribution in [3.63, 3.8) is 0 Å². The van der Waals surface area contributed by atoms with Gasteiger partial charge in [-0.3, -0.25) is 4.79 Å². The molecule has 6 heteroatoms. The van der Waals surface area contributed by atoms with Gasteiger partial charge in [0.1, 0.15) is 11.5 Å². The third-order valence-electron chi connectivity index (χ3n) is 3.99. The van der Waals surface area contributed by atoms with Crippen LogP contribution in [0.1, 0.15) is 40.3 Å². The molecule has 3 aromatic rings. The second-order valence-electron chi connectivity index (χ2n) is 6.11. The standard InChI is InChI=1S/C19H20N2O4/c1-11-7-12(2)14-9-16(21-15(14)8-11)19(23)25-10-18(22)20-13(3)17-5-4-6-24-17/h4-9,13,21H,10H2,1-3H3,(H,20,22). The van der Waals surface area contributed by atoms with Crippen LogP contribution in [0, 0.1) is 13.8 Å². The Morgan fingerprint density at radius 1 is 1.28 bits per heavy atom. The Balaban J connectivity index is 1.61. The summed E-state index contributed by atoms with van der Waals surface area (Å²) in [6, 6.07) is 8.99. The molecule has 0 fully saturated rings. The number of carbonyl (C=O) groups is 2. The van der Waals surface area contributed by atoms with Crippen molar-refractivity contribution in [1.29, 1.82) is 0 Å². The van der Waals surface area contributed by atoms with Gasteiger partial charge in [-0.25, -0.2) is 4.79 Å². The highest BCUT2D eigenvalue weighted by molar-refractivity contribution is 5.96. The fraction of sp³-hybridized carbons (Fsp3) is 0.263. The van der Waals surface area contributed by atoms with Gasteiger partial charge in [-0.2, -0.15) is 0 Å². The van der Waals surface area contributed by atoms with E-state index in [1.807, 2.05) is 19.9 Å². The third kappa shape index (κ3) is 3.74. The number of furan rings is 1. The maximum Gasteiger partial charge on any atom is 0.355 e. The van der Waals surface area contributed by atoms with Crippen molar-refractivity contribution >= 4 is 22.8 Å². The van der Waals surface area contributed by atoms with Gasteiger partial charge in [0.25, 0.3) is 5.91 Å². The van der Waals surface area contributed by atoms with Gasteiger partial charge in [-0.05, 0) is 56.2 Å². The normalized spacial score (nSPS) is 12.1. The molecule has 25 heavy (non-hydrogen) atoms. The number of rotatable bonds is 5. The van der Waals surface area contributed by atoms with Crippen LogP contribution in [0.15, 0.2) is 41.0 Å². The van der Waals surface area contributed by atoms with Crippen LogP contribution >= 0.6 is 0 Å². The molecule has 6 nitrogen and oxygen atoms in total. The van der Waals surface area contributed by atoms with Crippen molar-refractivity contribution in [2.45, 2.75) is 26.8 Å². The number of nitrogens with one attached hydrogen (secondary N) is 2. The summed E-state index contributed by atoms with van der Waals surface area (Å²) in [6.07, 6.45) is 1.54. The van der Waals surface area contributed by atoms with Crippen LogP contribution in [0.5, 0.6) is 0 Å². The first kappa shape index (κ1) is 16.8. The molecule has 0 spiro atoms. The third-order valence-corrected chi connectivity index (χ3v) is 3.99. The molecule has 1 amide bonds. The van der Waals surface area contributed by atoms with Crippen molar-refractivity contribution in [1.82, 2.24) is 10.3 Å². The molecule has 1 unspecified atom stereocenters. The number of aromatic amines is 1. The highest BCUT2D eigenvalue weighted by Gasteiger charge is 2.16. The van der Waals surface area contributed by atoms with E-state index in [-0.39, 0.29) is 18.6 Å². The SMILES string of the molecule is Cc1cc(C)c2cc(C(=O)OCC(=O)NC(C)c3ccco3)[nH]c2c1. The number of fused-ring (bicyclic) bond motifs is 1. The van der Waals surface area contributed by atoms with Crippen LogP contribution in [0.3, 0.4) is 0 Å². The van der Waals surface area contributed by atoms with Crippen molar-refractivity contribution in [3.05, 3.63) is 59.2 Å². The van der Waals surface area contributed by atoms with Crippen LogP contribution in [-0.4, -0.2) is 23.5 Å². The first-order valence-corrected chi connectivity index (χ1v) is 8.04. The summed E-state index contributed by atoms with van der Waals surface area (Å²) in [6.45, 7) is 5.43. The molecule has 0 radical (unpaired) electrons. The summed E-state index contributed by atoms with van der Waals surface area (Å²) in [5.41, 5.74) is 3.39. The predicted octanol–water partition coefficient (Wildman–Crippen LogP) is 3.41. The molecule has 0 bridgehead atoms. The average Bonchev–Trinajstić information content (AvgIpc) is 3.21. The number of aryl methyl sites for hydroxylation is 2. The highest BCUT2D eigenvalue weighted by Crippen LogP contribution is 2.21. The van der Waals surface area contributed by atoms with Gasteiger partial charge >= 0.3 is 5.97 Å². The van der Waals surface area contributed by atoms with E-state index in [1.54, 1.807) is 25.1 Å². The number of amides is 1. The van der Waals surface area contributed by atoms with Gasteiger partial charge in [0, 0.05) is 10.9 Å².